The van der Waals surface area contributed by atoms with Gasteiger partial charge in [-0.05, 0) is 36.1 Å². The first-order valence-corrected chi connectivity index (χ1v) is 12.7. The van der Waals surface area contributed by atoms with E-state index in [1.165, 1.54) is 11.9 Å². The van der Waals surface area contributed by atoms with Gasteiger partial charge in [-0.1, -0.05) is 61.8 Å². The van der Waals surface area contributed by atoms with Crippen LogP contribution < -0.4 is 9.62 Å². The standard InChI is InChI=1S/C23H30ClN3O4S/c1-5-17-11-8-10-14-21(17)27(32(4,30)31)16-22(28)26(20(6-2)23(29)25-3)15-18-12-7-9-13-19(18)24/h7-14,20H,5-6,15-16H2,1-4H3,(H,25,29)/t20-/m1/s1. The van der Waals surface area contributed by atoms with Gasteiger partial charge in [-0.25, -0.2) is 8.42 Å². The van der Waals surface area contributed by atoms with Gasteiger partial charge >= 0.3 is 0 Å². The molecule has 0 aromatic heterocycles. The van der Waals surface area contributed by atoms with E-state index in [2.05, 4.69) is 5.32 Å². The highest BCUT2D eigenvalue weighted by Gasteiger charge is 2.32. The molecule has 0 saturated carbocycles. The first kappa shape index (κ1) is 25.7. The lowest BCUT2D eigenvalue weighted by molar-refractivity contribution is -0.140. The predicted molar refractivity (Wildman–Crippen MR) is 128 cm³/mol. The lowest BCUT2D eigenvalue weighted by atomic mass is 10.1. The van der Waals surface area contributed by atoms with Crippen molar-refractivity contribution in [2.75, 3.05) is 24.2 Å². The van der Waals surface area contributed by atoms with Crippen molar-refractivity contribution in [1.29, 1.82) is 0 Å². The molecule has 9 heteroatoms. The number of aryl methyl sites for hydroxylation is 1. The van der Waals surface area contributed by atoms with E-state index in [1.807, 2.05) is 19.1 Å². The van der Waals surface area contributed by atoms with Crippen LogP contribution in [-0.4, -0.2) is 51.0 Å². The molecule has 2 rings (SSSR count). The second-order valence-corrected chi connectivity index (χ2v) is 9.72. The van der Waals surface area contributed by atoms with E-state index in [0.29, 0.717) is 29.1 Å². The Bertz CT molecular complexity index is 1060. The number of hydrogen-bond acceptors (Lipinski definition) is 4. The summed E-state index contributed by atoms with van der Waals surface area (Å²) in [6.45, 7) is 3.38. The molecule has 2 aromatic rings. The predicted octanol–water partition coefficient (Wildman–Crippen LogP) is 3.22. The van der Waals surface area contributed by atoms with Crippen LogP contribution in [0.1, 0.15) is 31.4 Å². The first-order chi connectivity index (χ1) is 15.1. The van der Waals surface area contributed by atoms with E-state index in [4.69, 9.17) is 11.6 Å². The number of para-hydroxylation sites is 1. The maximum atomic E-state index is 13.5. The minimum Gasteiger partial charge on any atom is -0.357 e. The van der Waals surface area contributed by atoms with Crippen LogP contribution in [0.3, 0.4) is 0 Å². The number of nitrogens with one attached hydrogen (secondary N) is 1. The number of carbonyl (C=O) groups excluding carboxylic acids is 2. The zero-order valence-corrected chi connectivity index (χ0v) is 20.4. The summed E-state index contributed by atoms with van der Waals surface area (Å²) in [7, 11) is -2.26. The number of amides is 2. The molecule has 0 fully saturated rings. The molecule has 2 amide bonds. The average Bonchev–Trinajstić information content (AvgIpc) is 2.77. The maximum Gasteiger partial charge on any atom is 0.244 e. The van der Waals surface area contributed by atoms with Crippen molar-refractivity contribution in [2.24, 2.45) is 0 Å². The highest BCUT2D eigenvalue weighted by Crippen LogP contribution is 2.25. The van der Waals surface area contributed by atoms with Crippen molar-refractivity contribution >= 4 is 39.1 Å². The van der Waals surface area contributed by atoms with Crippen LogP contribution in [0.15, 0.2) is 48.5 Å². The van der Waals surface area contributed by atoms with Gasteiger partial charge in [-0.15, -0.1) is 0 Å². The Morgan fingerprint density at radius 1 is 1.03 bits per heavy atom. The Balaban J connectivity index is 2.48. The second-order valence-electron chi connectivity index (χ2n) is 7.40. The van der Waals surface area contributed by atoms with Crippen LogP contribution in [0.5, 0.6) is 0 Å². The van der Waals surface area contributed by atoms with Crippen LogP contribution in [0.25, 0.3) is 0 Å². The number of hydrogen-bond donors (Lipinski definition) is 1. The van der Waals surface area contributed by atoms with Gasteiger partial charge in [0.05, 0.1) is 11.9 Å². The summed E-state index contributed by atoms with van der Waals surface area (Å²) in [5, 5.41) is 3.05. The zero-order valence-electron chi connectivity index (χ0n) is 18.8. The van der Waals surface area contributed by atoms with Crippen molar-refractivity contribution in [3.05, 3.63) is 64.7 Å². The second kappa shape index (κ2) is 11.3. The highest BCUT2D eigenvalue weighted by atomic mass is 35.5. The number of sulfonamides is 1. The van der Waals surface area contributed by atoms with Gasteiger partial charge in [0.1, 0.15) is 12.6 Å². The molecule has 0 radical (unpaired) electrons. The number of carbonyl (C=O) groups is 2. The normalized spacial score (nSPS) is 12.2. The SMILES string of the molecule is CCc1ccccc1N(CC(=O)N(Cc1ccccc1Cl)[C@H](CC)C(=O)NC)S(C)(=O)=O. The lowest BCUT2D eigenvalue weighted by Gasteiger charge is -2.33. The molecule has 7 nitrogen and oxygen atoms in total. The van der Waals surface area contributed by atoms with Crippen LogP contribution in [0.4, 0.5) is 5.69 Å². The zero-order chi connectivity index (χ0) is 23.9. The molecule has 2 aromatic carbocycles. The molecule has 0 aliphatic heterocycles. The largest absolute Gasteiger partial charge is 0.357 e. The smallest absolute Gasteiger partial charge is 0.244 e. The number of benzene rings is 2. The minimum absolute atomic E-state index is 0.0808. The average molecular weight is 480 g/mol. The number of halogens is 1. The number of likely N-dealkylation sites (N-methyl/N-ethyl adjacent to an activating group) is 1. The summed E-state index contributed by atoms with van der Waals surface area (Å²) >= 11 is 6.30. The summed E-state index contributed by atoms with van der Waals surface area (Å²) in [5.74, 6) is -0.815. The van der Waals surface area contributed by atoms with E-state index in [9.17, 15) is 18.0 Å². The Hall–Kier alpha value is -2.58. The van der Waals surface area contributed by atoms with Crippen LogP contribution in [-0.2, 0) is 32.6 Å². The molecule has 0 saturated heterocycles. The molecule has 0 spiro atoms. The fourth-order valence-electron chi connectivity index (χ4n) is 3.54. The molecule has 0 bridgehead atoms. The molecule has 1 atom stereocenters. The maximum absolute atomic E-state index is 13.5. The van der Waals surface area contributed by atoms with Crippen molar-refractivity contribution in [3.63, 3.8) is 0 Å². The third-order valence-corrected chi connectivity index (χ3v) is 6.75. The summed E-state index contributed by atoms with van der Waals surface area (Å²) in [6.07, 6.45) is 2.04. The Morgan fingerprint density at radius 3 is 2.16 bits per heavy atom. The minimum atomic E-state index is -3.76. The Kier molecular flexibility index (Phi) is 9.09. The van der Waals surface area contributed by atoms with Crippen molar-refractivity contribution in [2.45, 2.75) is 39.3 Å². The van der Waals surface area contributed by atoms with Gasteiger partial charge in [-0.3, -0.25) is 13.9 Å². The van der Waals surface area contributed by atoms with Crippen molar-refractivity contribution in [1.82, 2.24) is 10.2 Å². The lowest BCUT2D eigenvalue weighted by Crippen LogP contribution is -2.51. The summed E-state index contributed by atoms with van der Waals surface area (Å²) in [5.41, 5.74) is 1.93. The van der Waals surface area contributed by atoms with Crippen molar-refractivity contribution in [3.8, 4) is 0 Å². The molecule has 32 heavy (non-hydrogen) atoms. The topological polar surface area (TPSA) is 86.8 Å². The van der Waals surface area contributed by atoms with Gasteiger partial charge in [0.15, 0.2) is 0 Å². The van der Waals surface area contributed by atoms with Crippen LogP contribution in [0, 0.1) is 0 Å². The number of rotatable bonds is 10. The van der Waals surface area contributed by atoms with E-state index < -0.39 is 28.5 Å². The van der Waals surface area contributed by atoms with E-state index in [1.54, 1.807) is 43.3 Å². The van der Waals surface area contributed by atoms with Gasteiger partial charge in [0.25, 0.3) is 0 Å². The molecule has 0 aliphatic rings. The van der Waals surface area contributed by atoms with E-state index in [-0.39, 0.29) is 12.5 Å². The molecular formula is C23H30ClN3O4S. The van der Waals surface area contributed by atoms with Gasteiger partial charge in [0.2, 0.25) is 21.8 Å². The van der Waals surface area contributed by atoms with Gasteiger partial charge < -0.3 is 10.2 Å². The summed E-state index contributed by atoms with van der Waals surface area (Å²) in [6, 6.07) is 13.4. The third-order valence-electron chi connectivity index (χ3n) is 5.25. The molecule has 1 N–H and O–H groups in total. The van der Waals surface area contributed by atoms with Gasteiger partial charge in [-0.2, -0.15) is 0 Å². The van der Waals surface area contributed by atoms with Gasteiger partial charge in [0, 0.05) is 18.6 Å². The van der Waals surface area contributed by atoms with Crippen LogP contribution in [0.2, 0.25) is 5.02 Å². The van der Waals surface area contributed by atoms with E-state index in [0.717, 1.165) is 16.1 Å². The number of nitrogens with zero attached hydrogens (tertiary/aromatic N) is 2. The Labute approximate surface area is 195 Å². The quantitative estimate of drug-likeness (QED) is 0.566. The molecule has 0 heterocycles. The fourth-order valence-corrected chi connectivity index (χ4v) is 4.62. The van der Waals surface area contributed by atoms with E-state index >= 15 is 0 Å². The fraction of sp³-hybridized carbons (Fsp3) is 0.391. The molecule has 0 unspecified atom stereocenters. The highest BCUT2D eigenvalue weighted by molar-refractivity contribution is 7.92. The van der Waals surface area contributed by atoms with Crippen molar-refractivity contribution < 1.29 is 18.0 Å². The molecular weight excluding hydrogens is 450 g/mol. The first-order valence-electron chi connectivity index (χ1n) is 10.4. The summed E-state index contributed by atoms with van der Waals surface area (Å²) in [4.78, 5) is 27.4. The van der Waals surface area contributed by atoms with Crippen LogP contribution >= 0.6 is 11.6 Å². The molecule has 0 aliphatic carbocycles. The third kappa shape index (κ3) is 6.23. The monoisotopic (exact) mass is 479 g/mol. The molecule has 174 valence electrons. The summed E-state index contributed by atoms with van der Waals surface area (Å²) < 4.78 is 26.4. The number of anilines is 1. The Morgan fingerprint density at radius 2 is 1.62 bits per heavy atom.